The number of carbonyl (C=O) groups excluding carboxylic acids is 1. The summed E-state index contributed by atoms with van der Waals surface area (Å²) in [7, 11) is -0.667. The standard InChI is InChI=1S/C6H5OP/c7-6-8-4-2-1-3-5-8/h1-5H. The van der Waals surface area contributed by atoms with E-state index < -0.39 is 7.17 Å². The molecule has 0 aromatic heterocycles. The number of rotatable bonds is 0. The van der Waals surface area contributed by atoms with Crippen molar-refractivity contribution in [3.05, 3.63) is 24.0 Å². The zero-order valence-corrected chi connectivity index (χ0v) is 5.14. The van der Waals surface area contributed by atoms with Gasteiger partial charge in [0.2, 0.25) is 0 Å². The van der Waals surface area contributed by atoms with Crippen molar-refractivity contribution in [2.75, 3.05) is 0 Å². The molecule has 0 bridgehead atoms. The van der Waals surface area contributed by atoms with Crippen molar-refractivity contribution in [2.45, 2.75) is 0 Å². The van der Waals surface area contributed by atoms with Crippen LogP contribution < -0.4 is 0 Å². The fraction of sp³-hybridized carbons (Fsp3) is 0. The third-order valence-electron chi connectivity index (χ3n) is 0.821. The van der Waals surface area contributed by atoms with Crippen molar-refractivity contribution in [2.24, 2.45) is 0 Å². The molecule has 1 nitrogen and oxygen atoms in total. The average Bonchev–Trinajstić information content (AvgIpc) is 1.90. The normalized spacial score (nSPS) is 19.8. The Bertz CT molecular complexity index is 235. The van der Waals surface area contributed by atoms with E-state index in [9.17, 15) is 4.79 Å². The highest BCUT2D eigenvalue weighted by Gasteiger charge is 1.75. The van der Waals surface area contributed by atoms with Gasteiger partial charge < -0.3 is 0 Å². The number of hydrogen-bond donors (Lipinski definition) is 0. The minimum atomic E-state index is -0.667. The topological polar surface area (TPSA) is 17.1 Å². The highest BCUT2D eigenvalue weighted by atomic mass is 31.1. The number of allylic oxidation sites excluding steroid dienone is 3. The van der Waals surface area contributed by atoms with Crippen LogP contribution in [-0.4, -0.2) is 11.5 Å². The summed E-state index contributed by atoms with van der Waals surface area (Å²) in [5.41, 5.74) is 1.93. The molecule has 1 rings (SSSR count). The molecule has 0 radical (unpaired) electrons. The average molecular weight is 124 g/mol. The Balaban J connectivity index is 3.20. The predicted octanol–water partition coefficient (Wildman–Crippen LogP) is 1.42. The largest absolute Gasteiger partial charge is 0.229 e. The van der Waals surface area contributed by atoms with Gasteiger partial charge in [0.1, 0.15) is 5.66 Å². The first kappa shape index (κ1) is 5.37. The zero-order valence-electron chi connectivity index (χ0n) is 4.24. The molecule has 2 heteroatoms. The van der Waals surface area contributed by atoms with Crippen LogP contribution >= 0.6 is 7.17 Å². The van der Waals surface area contributed by atoms with E-state index in [0.717, 1.165) is 0 Å². The Morgan fingerprint density at radius 1 is 1.25 bits per heavy atom. The highest BCUT2D eigenvalue weighted by Crippen LogP contribution is 2.09. The van der Waals surface area contributed by atoms with Gasteiger partial charge in [-0.3, -0.25) is 0 Å². The van der Waals surface area contributed by atoms with E-state index in [-0.39, 0.29) is 0 Å². The third kappa shape index (κ3) is 1.10. The van der Waals surface area contributed by atoms with E-state index in [1.165, 1.54) is 0 Å². The fourth-order valence-corrected chi connectivity index (χ4v) is 1.25. The first-order chi connectivity index (χ1) is 3.93. The molecule has 1 aliphatic rings. The second-order valence-corrected chi connectivity index (χ2v) is 2.97. The molecule has 0 aliphatic carbocycles. The number of hydrogen-bond acceptors (Lipinski definition) is 1. The lowest BCUT2D eigenvalue weighted by Crippen LogP contribution is -1.61. The van der Waals surface area contributed by atoms with Gasteiger partial charge >= 0.3 is 0 Å². The van der Waals surface area contributed by atoms with Gasteiger partial charge in [0, 0.05) is 0 Å². The lowest BCUT2D eigenvalue weighted by atomic mass is 10.5. The highest BCUT2D eigenvalue weighted by molar-refractivity contribution is 7.59. The lowest BCUT2D eigenvalue weighted by molar-refractivity contribution is 0.572. The van der Waals surface area contributed by atoms with Crippen molar-refractivity contribution in [1.82, 2.24) is 0 Å². The van der Waals surface area contributed by atoms with Crippen LogP contribution in [0.25, 0.3) is 0 Å². The van der Waals surface area contributed by atoms with E-state index in [2.05, 4.69) is 0 Å². The summed E-state index contributed by atoms with van der Waals surface area (Å²) < 4.78 is 0. The molecule has 0 aromatic carbocycles. The molecule has 40 valence electrons. The van der Waals surface area contributed by atoms with Crippen LogP contribution in [0.4, 0.5) is 0 Å². The Kier molecular flexibility index (Phi) is 1.69. The summed E-state index contributed by atoms with van der Waals surface area (Å²) in [5, 5.41) is 0. The van der Waals surface area contributed by atoms with Gasteiger partial charge in [0.25, 0.3) is 0 Å². The van der Waals surface area contributed by atoms with Crippen molar-refractivity contribution < 1.29 is 4.79 Å². The smallest absolute Gasteiger partial charge is 0.149 e. The summed E-state index contributed by atoms with van der Waals surface area (Å²) in [5.74, 6) is 3.73. The first-order valence-corrected chi connectivity index (χ1v) is 3.76. The van der Waals surface area contributed by atoms with Gasteiger partial charge in [0.05, 0.1) is 0 Å². The van der Waals surface area contributed by atoms with Gasteiger partial charge in [-0.15, -0.1) is 0 Å². The van der Waals surface area contributed by atoms with Crippen molar-refractivity contribution in [1.29, 1.82) is 0 Å². The van der Waals surface area contributed by atoms with Crippen LogP contribution in [0, 0.1) is 0 Å². The van der Waals surface area contributed by atoms with Crippen LogP contribution in [-0.2, 0) is 4.79 Å². The summed E-state index contributed by atoms with van der Waals surface area (Å²) in [6.45, 7) is 0. The van der Waals surface area contributed by atoms with Gasteiger partial charge in [0.15, 0.2) is 0 Å². The molecule has 0 fully saturated rings. The van der Waals surface area contributed by atoms with Crippen molar-refractivity contribution in [3.8, 4) is 0 Å². The molecule has 0 saturated heterocycles. The molecule has 1 aliphatic heterocycles. The van der Waals surface area contributed by atoms with Gasteiger partial charge in [-0.1, -0.05) is 18.2 Å². The summed E-state index contributed by atoms with van der Waals surface area (Å²) in [6.07, 6.45) is 5.64. The quantitative estimate of drug-likeness (QED) is 0.446. The predicted molar refractivity (Wildman–Crippen MR) is 37.0 cm³/mol. The molecule has 8 heavy (non-hydrogen) atoms. The Morgan fingerprint density at radius 3 is 2.50 bits per heavy atom. The van der Waals surface area contributed by atoms with E-state index in [1.807, 2.05) is 35.5 Å². The van der Waals surface area contributed by atoms with Crippen LogP contribution in [0.3, 0.4) is 0 Å². The van der Waals surface area contributed by atoms with Gasteiger partial charge in [-0.2, -0.15) is 0 Å². The monoisotopic (exact) mass is 124 g/mol. The van der Waals surface area contributed by atoms with Crippen molar-refractivity contribution >= 4 is 18.6 Å². The summed E-state index contributed by atoms with van der Waals surface area (Å²) in [4.78, 5) is 9.95. The molecule has 1 unspecified atom stereocenters. The molecule has 0 spiro atoms. The van der Waals surface area contributed by atoms with E-state index in [4.69, 9.17) is 0 Å². The zero-order chi connectivity index (χ0) is 5.82. The second kappa shape index (κ2) is 2.52. The minimum Gasteiger partial charge on any atom is -0.229 e. The van der Waals surface area contributed by atoms with Crippen LogP contribution in [0.5, 0.6) is 0 Å². The molecule has 1 heterocycles. The maximum atomic E-state index is 9.95. The SMILES string of the molecule is O=C=P1=CC=CC=C1. The first-order valence-electron chi connectivity index (χ1n) is 2.28. The lowest BCUT2D eigenvalue weighted by Gasteiger charge is -1.80. The summed E-state index contributed by atoms with van der Waals surface area (Å²) >= 11 is 0. The van der Waals surface area contributed by atoms with Crippen molar-refractivity contribution in [3.63, 3.8) is 0 Å². The van der Waals surface area contributed by atoms with Gasteiger partial charge in [-0.05, 0) is 18.8 Å². The van der Waals surface area contributed by atoms with Crippen LogP contribution in [0.15, 0.2) is 24.0 Å². The third-order valence-corrected chi connectivity index (χ3v) is 2.02. The van der Waals surface area contributed by atoms with E-state index >= 15 is 0 Å². The van der Waals surface area contributed by atoms with E-state index in [0.29, 0.717) is 0 Å². The second-order valence-electron chi connectivity index (χ2n) is 1.37. The molecular weight excluding hydrogens is 119 g/mol. The molecule has 0 saturated carbocycles. The maximum Gasteiger partial charge on any atom is 0.149 e. The Labute approximate surface area is 48.4 Å². The summed E-state index contributed by atoms with van der Waals surface area (Å²) in [6, 6.07) is 0. The Morgan fingerprint density at radius 2 is 2.12 bits per heavy atom. The molecule has 0 amide bonds. The van der Waals surface area contributed by atoms with Gasteiger partial charge in [-0.25, -0.2) is 4.79 Å². The minimum absolute atomic E-state index is 0.667. The molecular formula is C6H5OP. The molecule has 1 atom stereocenters. The van der Waals surface area contributed by atoms with Crippen LogP contribution in [0.1, 0.15) is 0 Å². The van der Waals surface area contributed by atoms with Crippen LogP contribution in [0.2, 0.25) is 0 Å². The molecule has 0 N–H and O–H groups in total. The maximum absolute atomic E-state index is 9.95. The van der Waals surface area contributed by atoms with E-state index in [1.54, 1.807) is 0 Å². The fourth-order valence-electron chi connectivity index (χ4n) is 0.460. The molecule has 0 aromatic rings. The Hall–Kier alpha value is -0.770.